The van der Waals surface area contributed by atoms with Gasteiger partial charge in [0.15, 0.2) is 11.5 Å². The minimum absolute atomic E-state index is 0.552. The van der Waals surface area contributed by atoms with Gasteiger partial charge >= 0.3 is 0 Å². The first kappa shape index (κ1) is 14.2. The molecule has 1 aliphatic heterocycles. The first-order chi connectivity index (χ1) is 10.3. The minimum Gasteiger partial charge on any atom is -0.486 e. The molecule has 0 amide bonds. The molecule has 0 fully saturated rings. The van der Waals surface area contributed by atoms with E-state index >= 15 is 0 Å². The van der Waals surface area contributed by atoms with Crippen LogP contribution in [-0.4, -0.2) is 24.7 Å². The van der Waals surface area contributed by atoms with Crippen molar-refractivity contribution < 1.29 is 9.47 Å². The van der Waals surface area contributed by atoms with E-state index in [4.69, 9.17) is 21.1 Å². The van der Waals surface area contributed by atoms with Crippen molar-refractivity contribution in [1.29, 1.82) is 0 Å². The van der Waals surface area contributed by atoms with Gasteiger partial charge in [-0.05, 0) is 48.4 Å². The number of rotatable bonds is 5. The minimum atomic E-state index is 0.552. The summed E-state index contributed by atoms with van der Waals surface area (Å²) < 4.78 is 11.1. The van der Waals surface area contributed by atoms with Gasteiger partial charge in [0.05, 0.1) is 5.02 Å². The lowest BCUT2D eigenvalue weighted by atomic mass is 10.1. The number of benzene rings is 1. The van der Waals surface area contributed by atoms with Crippen molar-refractivity contribution in [2.45, 2.75) is 13.0 Å². The summed E-state index contributed by atoms with van der Waals surface area (Å²) in [5, 5.41) is 4.02. The fraction of sp³-hybridized carbons (Fsp3) is 0.312. The number of hydrogen-bond donors (Lipinski definition) is 1. The molecule has 1 aromatic heterocycles. The maximum Gasteiger partial charge on any atom is 0.179 e. The van der Waals surface area contributed by atoms with Crippen molar-refractivity contribution in [1.82, 2.24) is 10.3 Å². The summed E-state index contributed by atoms with van der Waals surface area (Å²) in [6.45, 7) is 2.77. The van der Waals surface area contributed by atoms with E-state index in [0.29, 0.717) is 24.0 Å². The molecule has 21 heavy (non-hydrogen) atoms. The van der Waals surface area contributed by atoms with Gasteiger partial charge in [-0.3, -0.25) is 4.98 Å². The van der Waals surface area contributed by atoms with Gasteiger partial charge in [-0.25, -0.2) is 0 Å². The van der Waals surface area contributed by atoms with Crippen LogP contribution in [0.3, 0.4) is 0 Å². The molecule has 0 aliphatic carbocycles. The molecule has 1 aliphatic rings. The lowest BCUT2D eigenvalue weighted by Gasteiger charge is -2.20. The monoisotopic (exact) mass is 304 g/mol. The lowest BCUT2D eigenvalue weighted by molar-refractivity contribution is 0.171. The van der Waals surface area contributed by atoms with E-state index in [1.807, 2.05) is 36.7 Å². The molecule has 2 heterocycles. The predicted octanol–water partition coefficient (Wildman–Crippen LogP) is 2.84. The maximum absolute atomic E-state index is 6.22. The van der Waals surface area contributed by atoms with Crippen molar-refractivity contribution in [2.24, 2.45) is 0 Å². The van der Waals surface area contributed by atoms with Gasteiger partial charge in [0.1, 0.15) is 13.2 Å². The molecule has 0 saturated heterocycles. The molecule has 0 bridgehead atoms. The fourth-order valence-electron chi connectivity index (χ4n) is 2.28. The van der Waals surface area contributed by atoms with Gasteiger partial charge in [-0.1, -0.05) is 11.6 Å². The number of fused-ring (bicyclic) bond motifs is 1. The molecule has 0 saturated carbocycles. The Kier molecular flexibility index (Phi) is 4.58. The Balaban J connectivity index is 1.55. The molecule has 3 rings (SSSR count). The first-order valence-electron chi connectivity index (χ1n) is 7.00. The fourth-order valence-corrected chi connectivity index (χ4v) is 2.57. The number of nitrogens with one attached hydrogen (secondary N) is 1. The van der Waals surface area contributed by atoms with Crippen LogP contribution in [0.1, 0.15) is 11.1 Å². The largest absolute Gasteiger partial charge is 0.486 e. The molecule has 0 unspecified atom stereocenters. The summed E-state index contributed by atoms with van der Waals surface area (Å²) >= 11 is 6.22. The molecule has 4 nitrogen and oxygen atoms in total. The smallest absolute Gasteiger partial charge is 0.179 e. The van der Waals surface area contributed by atoms with Crippen molar-refractivity contribution in [2.75, 3.05) is 19.8 Å². The van der Waals surface area contributed by atoms with E-state index < -0.39 is 0 Å². The van der Waals surface area contributed by atoms with Crippen LogP contribution in [0.15, 0.2) is 36.7 Å². The van der Waals surface area contributed by atoms with Crippen molar-refractivity contribution in [3.05, 3.63) is 52.8 Å². The molecule has 0 radical (unpaired) electrons. The summed E-state index contributed by atoms with van der Waals surface area (Å²) in [5.74, 6) is 1.39. The zero-order chi connectivity index (χ0) is 14.5. The van der Waals surface area contributed by atoms with Crippen molar-refractivity contribution in [3.8, 4) is 11.5 Å². The second kappa shape index (κ2) is 6.78. The van der Waals surface area contributed by atoms with Crippen LogP contribution in [0.5, 0.6) is 11.5 Å². The van der Waals surface area contributed by atoms with E-state index in [1.165, 1.54) is 5.56 Å². The second-order valence-corrected chi connectivity index (χ2v) is 5.29. The van der Waals surface area contributed by atoms with Crippen molar-refractivity contribution in [3.63, 3.8) is 0 Å². The third-order valence-electron chi connectivity index (χ3n) is 3.33. The standard InChI is InChI=1S/C16H17ClN2O2/c17-14-9-13(10-15-16(14)21-8-7-20-15)11-19-6-3-12-1-4-18-5-2-12/h1-2,4-5,9-10,19H,3,6-8,11H2. The Hall–Kier alpha value is -1.78. The average Bonchev–Trinajstić information content (AvgIpc) is 2.53. The average molecular weight is 305 g/mol. The number of aromatic nitrogens is 1. The van der Waals surface area contributed by atoms with Gasteiger partial charge < -0.3 is 14.8 Å². The van der Waals surface area contributed by atoms with E-state index in [0.717, 1.165) is 30.8 Å². The predicted molar refractivity (Wildman–Crippen MR) is 82.1 cm³/mol. The summed E-state index contributed by atoms with van der Waals surface area (Å²) in [5.41, 5.74) is 2.37. The molecule has 1 N–H and O–H groups in total. The Morgan fingerprint density at radius 1 is 1.10 bits per heavy atom. The van der Waals surface area contributed by atoms with E-state index in [2.05, 4.69) is 10.3 Å². The van der Waals surface area contributed by atoms with Gasteiger partial charge in [0, 0.05) is 18.9 Å². The van der Waals surface area contributed by atoms with Crippen molar-refractivity contribution >= 4 is 11.6 Å². The summed E-state index contributed by atoms with van der Waals surface area (Å²) in [6.07, 6.45) is 4.60. The van der Waals surface area contributed by atoms with E-state index in [1.54, 1.807) is 0 Å². The van der Waals surface area contributed by atoms with Gasteiger partial charge in [0.2, 0.25) is 0 Å². The highest BCUT2D eigenvalue weighted by atomic mass is 35.5. The Morgan fingerprint density at radius 2 is 1.90 bits per heavy atom. The molecule has 0 atom stereocenters. The molecular weight excluding hydrogens is 288 g/mol. The summed E-state index contributed by atoms with van der Waals surface area (Å²) in [7, 11) is 0. The zero-order valence-electron chi connectivity index (χ0n) is 11.6. The molecule has 0 spiro atoms. The third kappa shape index (κ3) is 3.65. The topological polar surface area (TPSA) is 43.4 Å². The molecule has 110 valence electrons. The van der Waals surface area contributed by atoms with E-state index in [9.17, 15) is 0 Å². The Morgan fingerprint density at radius 3 is 2.76 bits per heavy atom. The van der Waals surface area contributed by atoms with Crippen LogP contribution in [0.25, 0.3) is 0 Å². The second-order valence-electron chi connectivity index (χ2n) is 4.88. The first-order valence-corrected chi connectivity index (χ1v) is 7.38. The van der Waals surface area contributed by atoms with Crippen LogP contribution in [0.2, 0.25) is 5.02 Å². The van der Waals surface area contributed by atoms with Gasteiger partial charge in [-0.15, -0.1) is 0 Å². The molecule has 1 aromatic carbocycles. The Labute approximate surface area is 129 Å². The van der Waals surface area contributed by atoms with Crippen LogP contribution >= 0.6 is 11.6 Å². The highest BCUT2D eigenvalue weighted by Crippen LogP contribution is 2.38. The van der Waals surface area contributed by atoms with Crippen LogP contribution in [0.4, 0.5) is 0 Å². The third-order valence-corrected chi connectivity index (χ3v) is 3.61. The number of hydrogen-bond acceptors (Lipinski definition) is 4. The Bertz CT molecular complexity index is 605. The number of nitrogens with zero attached hydrogens (tertiary/aromatic N) is 1. The molecule has 5 heteroatoms. The number of pyridine rings is 1. The van der Waals surface area contributed by atoms with Gasteiger partial charge in [0.25, 0.3) is 0 Å². The molecular formula is C16H17ClN2O2. The van der Waals surface area contributed by atoms with Crippen LogP contribution < -0.4 is 14.8 Å². The normalized spacial score (nSPS) is 13.2. The maximum atomic E-state index is 6.22. The quantitative estimate of drug-likeness (QED) is 0.863. The SMILES string of the molecule is Clc1cc(CNCCc2ccncc2)cc2c1OCCO2. The highest BCUT2D eigenvalue weighted by Gasteiger charge is 2.16. The van der Waals surface area contributed by atoms with Crippen LogP contribution in [-0.2, 0) is 13.0 Å². The van der Waals surface area contributed by atoms with Gasteiger partial charge in [-0.2, -0.15) is 0 Å². The summed E-state index contributed by atoms with van der Waals surface area (Å²) in [6, 6.07) is 7.97. The zero-order valence-corrected chi connectivity index (χ0v) is 12.4. The lowest BCUT2D eigenvalue weighted by Crippen LogP contribution is -2.18. The number of ether oxygens (including phenoxy) is 2. The summed E-state index contributed by atoms with van der Waals surface area (Å²) in [4.78, 5) is 4.01. The highest BCUT2D eigenvalue weighted by molar-refractivity contribution is 6.32. The van der Waals surface area contributed by atoms with Crippen LogP contribution in [0, 0.1) is 0 Å². The van der Waals surface area contributed by atoms with E-state index in [-0.39, 0.29) is 0 Å². The number of halogens is 1. The molecule has 2 aromatic rings.